The molecule has 0 aliphatic rings. The van der Waals surface area contributed by atoms with E-state index in [4.69, 9.17) is 9.47 Å². The molecule has 5 nitrogen and oxygen atoms in total. The molecule has 114 valence electrons. The number of ketones is 1. The molecule has 0 spiro atoms. The van der Waals surface area contributed by atoms with Gasteiger partial charge in [-0.25, -0.2) is 4.79 Å². The number of unbranched alkanes of at least 4 members (excludes halogenated alkanes) is 1. The maximum atomic E-state index is 11.5. The van der Waals surface area contributed by atoms with Crippen molar-refractivity contribution in [2.45, 2.75) is 39.2 Å². The maximum absolute atomic E-state index is 11.5. The number of carbonyl (C=O) groups excluding carboxylic acids is 3. The van der Waals surface area contributed by atoms with Crippen molar-refractivity contribution in [1.82, 2.24) is 0 Å². The van der Waals surface area contributed by atoms with Gasteiger partial charge >= 0.3 is 11.9 Å². The average Bonchev–Trinajstić information content (AvgIpc) is 2.51. The number of hydrogen-bond donors (Lipinski definition) is 0. The Morgan fingerprint density at radius 2 is 1.71 bits per heavy atom. The van der Waals surface area contributed by atoms with Gasteiger partial charge in [-0.3, -0.25) is 9.59 Å². The Morgan fingerprint density at radius 1 is 1.00 bits per heavy atom. The van der Waals surface area contributed by atoms with E-state index in [9.17, 15) is 14.4 Å². The molecule has 0 saturated heterocycles. The minimum atomic E-state index is -0.916. The van der Waals surface area contributed by atoms with Gasteiger partial charge in [-0.1, -0.05) is 43.7 Å². The summed E-state index contributed by atoms with van der Waals surface area (Å²) in [6.45, 7) is 2.38. The van der Waals surface area contributed by atoms with Crippen LogP contribution in [0.25, 0.3) is 0 Å². The van der Waals surface area contributed by atoms with Crippen LogP contribution in [0.5, 0.6) is 0 Å². The Bertz CT molecular complexity index is 467. The number of Topliss-reactive ketones (excluding diaryl/α,β-unsaturated/α-hetero) is 1. The number of benzene rings is 1. The van der Waals surface area contributed by atoms with Crippen molar-refractivity contribution in [1.29, 1.82) is 0 Å². The predicted octanol–water partition coefficient (Wildman–Crippen LogP) is 2.42. The summed E-state index contributed by atoms with van der Waals surface area (Å²) in [5.41, 5.74) is 0.803. The third kappa shape index (κ3) is 7.25. The van der Waals surface area contributed by atoms with Crippen molar-refractivity contribution >= 4 is 17.7 Å². The van der Waals surface area contributed by atoms with Crippen LogP contribution >= 0.6 is 0 Å². The Morgan fingerprint density at radius 3 is 2.38 bits per heavy atom. The van der Waals surface area contributed by atoms with E-state index in [-0.39, 0.29) is 19.4 Å². The predicted molar refractivity (Wildman–Crippen MR) is 76.3 cm³/mol. The second kappa shape index (κ2) is 9.69. The Kier molecular flexibility index (Phi) is 7.79. The highest BCUT2D eigenvalue weighted by Gasteiger charge is 2.17. The first-order valence-corrected chi connectivity index (χ1v) is 7.03. The van der Waals surface area contributed by atoms with Crippen LogP contribution in [0, 0.1) is 0 Å². The monoisotopic (exact) mass is 292 g/mol. The van der Waals surface area contributed by atoms with E-state index in [2.05, 4.69) is 0 Å². The van der Waals surface area contributed by atoms with E-state index >= 15 is 0 Å². The molecular formula is C16H20O5. The lowest BCUT2D eigenvalue weighted by molar-refractivity contribution is -0.155. The lowest BCUT2D eigenvalue weighted by atomic mass is 10.2. The van der Waals surface area contributed by atoms with E-state index in [1.165, 1.54) is 0 Å². The van der Waals surface area contributed by atoms with E-state index in [0.717, 1.165) is 18.4 Å². The molecule has 1 aromatic rings. The highest BCUT2D eigenvalue weighted by molar-refractivity contribution is 6.33. The van der Waals surface area contributed by atoms with Crippen LogP contribution in [0.3, 0.4) is 0 Å². The fourth-order valence-corrected chi connectivity index (χ4v) is 1.52. The van der Waals surface area contributed by atoms with Crippen molar-refractivity contribution in [2.75, 3.05) is 6.61 Å². The molecule has 0 saturated carbocycles. The molecule has 0 N–H and O–H groups in total. The number of ether oxygens (including phenoxy) is 2. The molecular weight excluding hydrogens is 272 g/mol. The van der Waals surface area contributed by atoms with Gasteiger partial charge in [0.15, 0.2) is 0 Å². The molecule has 5 heteroatoms. The summed E-state index contributed by atoms with van der Waals surface area (Å²) < 4.78 is 9.78. The second-order valence-corrected chi connectivity index (χ2v) is 4.56. The first-order chi connectivity index (χ1) is 10.1. The van der Waals surface area contributed by atoms with E-state index in [0.29, 0.717) is 6.61 Å². The molecule has 0 bridgehead atoms. The van der Waals surface area contributed by atoms with Gasteiger partial charge in [-0.05, 0) is 12.0 Å². The zero-order valence-corrected chi connectivity index (χ0v) is 12.2. The van der Waals surface area contributed by atoms with Gasteiger partial charge in [0.1, 0.15) is 6.61 Å². The van der Waals surface area contributed by atoms with Gasteiger partial charge in [0.05, 0.1) is 13.0 Å². The van der Waals surface area contributed by atoms with Gasteiger partial charge in [0, 0.05) is 6.42 Å². The minimum Gasteiger partial charge on any atom is -0.466 e. The quantitative estimate of drug-likeness (QED) is 0.397. The first-order valence-electron chi connectivity index (χ1n) is 7.03. The SMILES string of the molecule is CCCCOC(=O)CCC(=O)C(=O)OCc1ccccc1. The van der Waals surface area contributed by atoms with Crippen molar-refractivity contribution in [3.63, 3.8) is 0 Å². The normalized spacial score (nSPS) is 9.95. The van der Waals surface area contributed by atoms with Crippen LogP contribution in [0.1, 0.15) is 38.2 Å². The summed E-state index contributed by atoms with van der Waals surface area (Å²) >= 11 is 0. The Labute approximate surface area is 124 Å². The highest BCUT2D eigenvalue weighted by Crippen LogP contribution is 2.03. The molecule has 0 unspecified atom stereocenters. The number of rotatable bonds is 9. The van der Waals surface area contributed by atoms with Gasteiger partial charge < -0.3 is 9.47 Å². The van der Waals surface area contributed by atoms with Crippen molar-refractivity contribution in [2.24, 2.45) is 0 Å². The fraction of sp³-hybridized carbons (Fsp3) is 0.438. The molecule has 1 rings (SSSR count). The molecule has 0 atom stereocenters. The molecule has 0 aliphatic carbocycles. The Balaban J connectivity index is 2.22. The molecule has 21 heavy (non-hydrogen) atoms. The maximum Gasteiger partial charge on any atom is 0.374 e. The fourth-order valence-electron chi connectivity index (χ4n) is 1.52. The van der Waals surface area contributed by atoms with Gasteiger partial charge in [0.25, 0.3) is 0 Å². The van der Waals surface area contributed by atoms with Gasteiger partial charge in [-0.15, -0.1) is 0 Å². The minimum absolute atomic E-state index is 0.0480. The third-order valence-corrected chi connectivity index (χ3v) is 2.76. The van der Waals surface area contributed by atoms with Crippen LogP contribution in [-0.2, 0) is 30.5 Å². The van der Waals surface area contributed by atoms with E-state index < -0.39 is 17.7 Å². The lowest BCUT2D eigenvalue weighted by Gasteiger charge is -2.05. The molecule has 1 aromatic carbocycles. The van der Waals surface area contributed by atoms with Crippen molar-refractivity contribution in [3.05, 3.63) is 35.9 Å². The third-order valence-electron chi connectivity index (χ3n) is 2.76. The Hall–Kier alpha value is -2.17. The largest absolute Gasteiger partial charge is 0.466 e. The van der Waals surface area contributed by atoms with Crippen molar-refractivity contribution < 1.29 is 23.9 Å². The lowest BCUT2D eigenvalue weighted by Crippen LogP contribution is -2.19. The van der Waals surface area contributed by atoms with Crippen LogP contribution in [0.2, 0.25) is 0 Å². The zero-order chi connectivity index (χ0) is 15.5. The van der Waals surface area contributed by atoms with Crippen LogP contribution in [0.4, 0.5) is 0 Å². The summed E-state index contributed by atoms with van der Waals surface area (Å²) in [7, 11) is 0. The van der Waals surface area contributed by atoms with Crippen LogP contribution in [0.15, 0.2) is 30.3 Å². The molecule has 0 aliphatic heterocycles. The van der Waals surface area contributed by atoms with E-state index in [1.54, 1.807) is 12.1 Å². The summed E-state index contributed by atoms with van der Waals surface area (Å²) in [5, 5.41) is 0. The number of esters is 2. The topological polar surface area (TPSA) is 69.7 Å². The zero-order valence-electron chi connectivity index (χ0n) is 12.2. The van der Waals surface area contributed by atoms with Crippen molar-refractivity contribution in [3.8, 4) is 0 Å². The number of hydrogen-bond acceptors (Lipinski definition) is 5. The summed E-state index contributed by atoms with van der Waals surface area (Å²) in [6.07, 6.45) is 1.44. The van der Waals surface area contributed by atoms with E-state index in [1.807, 2.05) is 25.1 Å². The summed E-state index contributed by atoms with van der Waals surface area (Å²) in [5.74, 6) is -2.09. The van der Waals surface area contributed by atoms with Crippen LogP contribution < -0.4 is 0 Å². The standard InChI is InChI=1S/C16H20O5/c1-2-3-11-20-15(18)10-9-14(17)16(19)21-12-13-7-5-4-6-8-13/h4-8H,2-3,9-12H2,1H3. The summed E-state index contributed by atoms with van der Waals surface area (Å²) in [4.78, 5) is 34.3. The summed E-state index contributed by atoms with van der Waals surface area (Å²) in [6, 6.07) is 9.07. The molecule has 0 fully saturated rings. The van der Waals surface area contributed by atoms with Crippen LogP contribution in [-0.4, -0.2) is 24.3 Å². The van der Waals surface area contributed by atoms with Gasteiger partial charge in [-0.2, -0.15) is 0 Å². The smallest absolute Gasteiger partial charge is 0.374 e. The second-order valence-electron chi connectivity index (χ2n) is 4.56. The molecule has 0 amide bonds. The molecule has 0 radical (unpaired) electrons. The van der Waals surface area contributed by atoms with Gasteiger partial charge in [0.2, 0.25) is 5.78 Å². The first kappa shape index (κ1) is 16.9. The molecule has 0 aromatic heterocycles. The number of carbonyl (C=O) groups is 3. The highest BCUT2D eigenvalue weighted by atomic mass is 16.5. The molecule has 0 heterocycles. The average molecular weight is 292 g/mol.